The first-order valence-corrected chi connectivity index (χ1v) is 11.9. The van der Waals surface area contributed by atoms with Crippen molar-refractivity contribution in [1.82, 2.24) is 4.90 Å². The molecule has 1 N–H and O–H groups in total. The van der Waals surface area contributed by atoms with Crippen molar-refractivity contribution in [3.63, 3.8) is 0 Å². The van der Waals surface area contributed by atoms with Crippen molar-refractivity contribution in [3.8, 4) is 5.75 Å². The minimum Gasteiger partial charge on any atom is -0.497 e. The van der Waals surface area contributed by atoms with E-state index in [2.05, 4.69) is 36.1 Å². The van der Waals surface area contributed by atoms with Gasteiger partial charge < -0.3 is 14.6 Å². The molecule has 1 fully saturated rings. The molecule has 1 aliphatic rings. The van der Waals surface area contributed by atoms with E-state index in [1.165, 1.54) is 24.8 Å². The highest BCUT2D eigenvalue weighted by atomic mass is 16.5. The van der Waals surface area contributed by atoms with Crippen LogP contribution in [0.4, 0.5) is 0 Å². The summed E-state index contributed by atoms with van der Waals surface area (Å²) in [5.74, 6) is 0.810. The largest absolute Gasteiger partial charge is 0.497 e. The zero-order valence-corrected chi connectivity index (χ0v) is 19.3. The lowest BCUT2D eigenvalue weighted by Crippen LogP contribution is -2.45. The summed E-state index contributed by atoms with van der Waals surface area (Å²) in [5.41, 5.74) is 1.24. The van der Waals surface area contributed by atoms with Gasteiger partial charge in [0.15, 0.2) is 0 Å². The SMILES string of the molecule is CCCCCCC[C@@](O)(c1ccc(OC)cc1)[C@@H](CN1CCOCC1)c1ccccc1. The number of unbranched alkanes of at least 4 members (excludes halogenated alkanes) is 4. The second kappa shape index (κ2) is 12.2. The summed E-state index contributed by atoms with van der Waals surface area (Å²) in [4.78, 5) is 2.44. The maximum Gasteiger partial charge on any atom is 0.118 e. The molecule has 1 heterocycles. The minimum atomic E-state index is -0.932. The van der Waals surface area contributed by atoms with E-state index in [9.17, 15) is 5.11 Å². The van der Waals surface area contributed by atoms with Gasteiger partial charge in [-0.3, -0.25) is 4.90 Å². The van der Waals surface area contributed by atoms with Gasteiger partial charge in [-0.25, -0.2) is 0 Å². The summed E-state index contributed by atoms with van der Waals surface area (Å²) in [7, 11) is 1.68. The first-order chi connectivity index (χ1) is 15.2. The third kappa shape index (κ3) is 6.55. The van der Waals surface area contributed by atoms with Crippen molar-refractivity contribution in [2.45, 2.75) is 57.0 Å². The van der Waals surface area contributed by atoms with Crippen LogP contribution in [0.3, 0.4) is 0 Å². The van der Waals surface area contributed by atoms with Crippen LogP contribution in [0.5, 0.6) is 5.75 Å². The van der Waals surface area contributed by atoms with Crippen molar-refractivity contribution >= 4 is 0 Å². The van der Waals surface area contributed by atoms with Crippen molar-refractivity contribution in [3.05, 3.63) is 65.7 Å². The first kappa shape index (κ1) is 23.8. The summed E-state index contributed by atoms with van der Waals surface area (Å²) < 4.78 is 10.9. The first-order valence-electron chi connectivity index (χ1n) is 11.9. The average molecular weight is 426 g/mol. The van der Waals surface area contributed by atoms with Gasteiger partial charge in [0.1, 0.15) is 5.75 Å². The number of nitrogens with zero attached hydrogens (tertiary/aromatic N) is 1. The normalized spacial score (nSPS) is 17.8. The molecule has 0 bridgehead atoms. The monoisotopic (exact) mass is 425 g/mol. The molecule has 0 radical (unpaired) electrons. The van der Waals surface area contributed by atoms with Crippen LogP contribution in [0.2, 0.25) is 0 Å². The number of aliphatic hydroxyl groups is 1. The molecule has 4 nitrogen and oxygen atoms in total. The Bertz CT molecular complexity index is 743. The molecule has 31 heavy (non-hydrogen) atoms. The molecule has 1 saturated heterocycles. The number of morpholine rings is 1. The van der Waals surface area contributed by atoms with Gasteiger partial charge in [0, 0.05) is 25.6 Å². The average Bonchev–Trinajstić information content (AvgIpc) is 2.83. The molecule has 2 aromatic rings. The lowest BCUT2D eigenvalue weighted by Gasteiger charge is -2.41. The molecule has 0 amide bonds. The Morgan fingerprint density at radius 1 is 0.968 bits per heavy atom. The van der Waals surface area contributed by atoms with Crippen LogP contribution in [0.15, 0.2) is 54.6 Å². The fraction of sp³-hybridized carbons (Fsp3) is 0.556. The van der Waals surface area contributed by atoms with Crippen LogP contribution in [0, 0.1) is 0 Å². The zero-order valence-electron chi connectivity index (χ0n) is 19.3. The van der Waals surface area contributed by atoms with Crippen LogP contribution < -0.4 is 4.74 Å². The van der Waals surface area contributed by atoms with Crippen LogP contribution >= 0.6 is 0 Å². The van der Waals surface area contributed by atoms with Crippen LogP contribution in [0.1, 0.15) is 62.5 Å². The highest BCUT2D eigenvalue weighted by Gasteiger charge is 2.40. The van der Waals surface area contributed by atoms with Gasteiger partial charge in [-0.1, -0.05) is 81.5 Å². The van der Waals surface area contributed by atoms with E-state index in [1.54, 1.807) is 7.11 Å². The van der Waals surface area contributed by atoms with Crippen LogP contribution in [-0.4, -0.2) is 50.0 Å². The zero-order chi connectivity index (χ0) is 21.9. The van der Waals surface area contributed by atoms with Gasteiger partial charge in [-0.05, 0) is 29.7 Å². The maximum atomic E-state index is 12.3. The minimum absolute atomic E-state index is 0.00799. The standard InChI is InChI=1S/C27H39NO3/c1-3-4-5-6-10-17-27(29,24-13-15-25(30-2)16-14-24)26(23-11-8-7-9-12-23)22-28-18-20-31-21-19-28/h7-9,11-16,26,29H,3-6,10,17-22H2,1-2H3/t26-,27+/m0/s1. The number of ether oxygens (including phenoxy) is 2. The Labute approximate surface area is 188 Å². The molecule has 1 aliphatic heterocycles. The Morgan fingerprint density at radius 2 is 1.65 bits per heavy atom. The third-order valence-corrected chi connectivity index (χ3v) is 6.57. The molecule has 0 aromatic heterocycles. The van der Waals surface area contributed by atoms with Gasteiger partial charge in [0.25, 0.3) is 0 Å². The number of hydrogen-bond donors (Lipinski definition) is 1. The molecule has 2 aromatic carbocycles. The van der Waals surface area contributed by atoms with E-state index >= 15 is 0 Å². The smallest absolute Gasteiger partial charge is 0.118 e. The van der Waals surface area contributed by atoms with Gasteiger partial charge in [0.2, 0.25) is 0 Å². The number of methoxy groups -OCH3 is 1. The molecular weight excluding hydrogens is 386 g/mol. The summed E-state index contributed by atoms with van der Waals surface area (Å²) in [6.45, 7) is 6.42. The summed E-state index contributed by atoms with van der Waals surface area (Å²) in [6, 6.07) is 18.6. The van der Waals surface area contributed by atoms with Crippen molar-refractivity contribution in [2.24, 2.45) is 0 Å². The third-order valence-electron chi connectivity index (χ3n) is 6.57. The van der Waals surface area contributed by atoms with Gasteiger partial charge >= 0.3 is 0 Å². The highest BCUT2D eigenvalue weighted by molar-refractivity contribution is 5.35. The fourth-order valence-electron chi connectivity index (χ4n) is 4.66. The van der Waals surface area contributed by atoms with E-state index in [0.29, 0.717) is 0 Å². The van der Waals surface area contributed by atoms with Crippen LogP contribution in [0.25, 0.3) is 0 Å². The van der Waals surface area contributed by atoms with E-state index in [-0.39, 0.29) is 5.92 Å². The maximum absolute atomic E-state index is 12.3. The molecule has 0 unspecified atom stereocenters. The summed E-state index contributed by atoms with van der Waals surface area (Å²) in [5, 5.41) is 12.3. The Hall–Kier alpha value is -1.88. The molecular formula is C27H39NO3. The van der Waals surface area contributed by atoms with Crippen molar-refractivity contribution < 1.29 is 14.6 Å². The van der Waals surface area contributed by atoms with E-state index in [4.69, 9.17) is 9.47 Å². The summed E-state index contributed by atoms with van der Waals surface area (Å²) in [6.07, 6.45) is 6.66. The predicted octanol–water partition coefficient (Wildman–Crippen LogP) is 5.36. The molecule has 0 aliphatic carbocycles. The predicted molar refractivity (Wildman–Crippen MR) is 127 cm³/mol. The number of benzene rings is 2. The lowest BCUT2D eigenvalue weighted by molar-refractivity contribution is -0.0296. The fourth-order valence-corrected chi connectivity index (χ4v) is 4.66. The van der Waals surface area contributed by atoms with E-state index < -0.39 is 5.60 Å². The number of hydrogen-bond acceptors (Lipinski definition) is 4. The highest BCUT2D eigenvalue weighted by Crippen LogP contribution is 2.42. The van der Waals surface area contributed by atoms with Crippen molar-refractivity contribution in [2.75, 3.05) is 40.0 Å². The topological polar surface area (TPSA) is 41.9 Å². The Balaban J connectivity index is 1.91. The van der Waals surface area contributed by atoms with E-state index in [1.807, 2.05) is 30.3 Å². The second-order valence-corrected chi connectivity index (χ2v) is 8.69. The van der Waals surface area contributed by atoms with Crippen molar-refractivity contribution in [1.29, 1.82) is 0 Å². The molecule has 4 heteroatoms. The Kier molecular flexibility index (Phi) is 9.38. The van der Waals surface area contributed by atoms with Gasteiger partial charge in [-0.2, -0.15) is 0 Å². The molecule has 2 atom stereocenters. The molecule has 0 saturated carbocycles. The van der Waals surface area contributed by atoms with Gasteiger partial charge in [-0.15, -0.1) is 0 Å². The molecule has 0 spiro atoms. The van der Waals surface area contributed by atoms with E-state index in [0.717, 1.165) is 63.4 Å². The molecule has 3 rings (SSSR count). The summed E-state index contributed by atoms with van der Waals surface area (Å²) >= 11 is 0. The Morgan fingerprint density at radius 3 is 2.29 bits per heavy atom. The van der Waals surface area contributed by atoms with Crippen LogP contribution in [-0.2, 0) is 10.3 Å². The second-order valence-electron chi connectivity index (χ2n) is 8.69. The quantitative estimate of drug-likeness (QED) is 0.465. The molecule has 170 valence electrons. The van der Waals surface area contributed by atoms with Gasteiger partial charge in [0.05, 0.1) is 25.9 Å². The number of rotatable bonds is 12. The lowest BCUT2D eigenvalue weighted by atomic mass is 9.73.